The zero-order valence-corrected chi connectivity index (χ0v) is 16.8. The van der Waals surface area contributed by atoms with Crippen LogP contribution in [0, 0.1) is 11.6 Å². The molecule has 3 aromatic rings. The van der Waals surface area contributed by atoms with Crippen molar-refractivity contribution in [2.75, 3.05) is 13.7 Å². The summed E-state index contributed by atoms with van der Waals surface area (Å²) >= 11 is 0. The van der Waals surface area contributed by atoms with Gasteiger partial charge in [-0.2, -0.15) is 4.39 Å². The number of halogens is 2. The molecule has 1 aliphatic rings. The highest BCUT2D eigenvalue weighted by molar-refractivity contribution is 5.96. The normalized spacial score (nSPS) is 13.1. The summed E-state index contributed by atoms with van der Waals surface area (Å²) < 4.78 is 40.0. The zero-order valence-electron chi connectivity index (χ0n) is 16.8. The Balaban J connectivity index is 1.71. The summed E-state index contributed by atoms with van der Waals surface area (Å²) in [6.07, 6.45) is 0. The lowest BCUT2D eigenvalue weighted by molar-refractivity contribution is 0.0671. The summed E-state index contributed by atoms with van der Waals surface area (Å²) in [7, 11) is 1.24. The quantitative estimate of drug-likeness (QED) is 0.607. The van der Waals surface area contributed by atoms with Crippen molar-refractivity contribution in [3.63, 3.8) is 0 Å². The summed E-state index contributed by atoms with van der Waals surface area (Å²) in [5, 5.41) is 0. The number of aromatic nitrogens is 1. The van der Waals surface area contributed by atoms with Crippen LogP contribution in [-0.4, -0.2) is 29.0 Å². The van der Waals surface area contributed by atoms with Gasteiger partial charge in [-0.3, -0.25) is 9.59 Å². The first-order valence-electron chi connectivity index (χ1n) is 9.70. The molecule has 1 aliphatic heterocycles. The van der Waals surface area contributed by atoms with Gasteiger partial charge in [-0.05, 0) is 23.3 Å². The number of methoxy groups -OCH3 is 1. The second kappa shape index (κ2) is 8.59. The molecule has 0 saturated carbocycles. The maximum absolute atomic E-state index is 14.7. The number of pyridine rings is 1. The molecule has 6 nitrogen and oxygen atoms in total. The molecule has 31 heavy (non-hydrogen) atoms. The predicted octanol–water partition coefficient (Wildman–Crippen LogP) is 3.37. The third-order valence-corrected chi connectivity index (χ3v) is 5.11. The number of carbonyl (C=O) groups is 1. The van der Waals surface area contributed by atoms with Crippen LogP contribution < -0.4 is 14.9 Å². The molecule has 8 heteroatoms. The number of rotatable bonds is 6. The summed E-state index contributed by atoms with van der Waals surface area (Å²) in [5.74, 6) is -2.62. The number of fused-ring (bicyclic) bond motifs is 1. The van der Waals surface area contributed by atoms with Crippen molar-refractivity contribution in [2.24, 2.45) is 0 Å². The molecule has 0 fully saturated rings. The monoisotopic (exact) mass is 426 g/mol. The van der Waals surface area contributed by atoms with Crippen LogP contribution in [0.15, 0.2) is 59.4 Å². The number of benzene rings is 2. The topological polar surface area (TPSA) is 60.8 Å². The van der Waals surface area contributed by atoms with E-state index in [9.17, 15) is 18.4 Å². The van der Waals surface area contributed by atoms with Crippen LogP contribution in [0.25, 0.3) is 0 Å². The zero-order chi connectivity index (χ0) is 22.0. The fourth-order valence-electron chi connectivity index (χ4n) is 3.57. The minimum Gasteiger partial charge on any atom is -0.482 e. The Labute approximate surface area is 177 Å². The van der Waals surface area contributed by atoms with Crippen molar-refractivity contribution >= 4 is 5.91 Å². The van der Waals surface area contributed by atoms with Gasteiger partial charge in [0.05, 0.1) is 7.11 Å². The van der Waals surface area contributed by atoms with E-state index in [1.807, 2.05) is 18.2 Å². The molecule has 0 saturated heterocycles. The molecule has 0 atom stereocenters. The molecular weight excluding hydrogens is 406 g/mol. The fraction of sp³-hybridized carbons (Fsp3) is 0.217. The summed E-state index contributed by atoms with van der Waals surface area (Å²) in [6.45, 7) is 0.690. The van der Waals surface area contributed by atoms with E-state index in [4.69, 9.17) is 9.47 Å². The molecule has 0 radical (unpaired) electrons. The van der Waals surface area contributed by atoms with Gasteiger partial charge in [-0.25, -0.2) is 4.39 Å². The van der Waals surface area contributed by atoms with Gasteiger partial charge >= 0.3 is 0 Å². The predicted molar refractivity (Wildman–Crippen MR) is 109 cm³/mol. The number of carbonyl (C=O) groups excluding carboxylic acids is 1. The highest BCUT2D eigenvalue weighted by Crippen LogP contribution is 2.29. The van der Waals surface area contributed by atoms with Crippen LogP contribution in [0.2, 0.25) is 0 Å². The maximum Gasteiger partial charge on any atom is 0.274 e. The fourth-order valence-corrected chi connectivity index (χ4v) is 3.57. The minimum atomic E-state index is -1.10. The van der Waals surface area contributed by atoms with E-state index in [2.05, 4.69) is 0 Å². The summed E-state index contributed by atoms with van der Waals surface area (Å²) in [6, 6.07) is 14.9. The lowest BCUT2D eigenvalue weighted by Crippen LogP contribution is -2.42. The van der Waals surface area contributed by atoms with Crippen LogP contribution >= 0.6 is 0 Å². The first kappa shape index (κ1) is 20.6. The third-order valence-electron chi connectivity index (χ3n) is 5.11. The highest BCUT2D eigenvalue weighted by Gasteiger charge is 2.34. The Morgan fingerprint density at radius 2 is 1.65 bits per heavy atom. The lowest BCUT2D eigenvalue weighted by atomic mass is 10.1. The van der Waals surface area contributed by atoms with Crippen molar-refractivity contribution in [3.05, 3.63) is 93.3 Å². The Hall–Kier alpha value is -3.68. The number of ether oxygens (including phenoxy) is 2. The second-order valence-corrected chi connectivity index (χ2v) is 7.11. The number of nitrogens with zero attached hydrogens (tertiary/aromatic N) is 2. The van der Waals surface area contributed by atoms with Gasteiger partial charge in [0.25, 0.3) is 11.3 Å². The minimum absolute atomic E-state index is 0.0000902. The lowest BCUT2D eigenvalue weighted by Gasteiger charge is -2.32. The molecule has 2 heterocycles. The average Bonchev–Trinajstić information content (AvgIpc) is 2.78. The van der Waals surface area contributed by atoms with Crippen LogP contribution in [0.5, 0.6) is 11.6 Å². The Morgan fingerprint density at radius 3 is 2.32 bits per heavy atom. The van der Waals surface area contributed by atoms with E-state index in [-0.39, 0.29) is 49.4 Å². The first-order valence-corrected chi connectivity index (χ1v) is 9.70. The van der Waals surface area contributed by atoms with Gasteiger partial charge in [-0.1, -0.05) is 42.5 Å². The Morgan fingerprint density at radius 1 is 0.935 bits per heavy atom. The molecule has 0 unspecified atom stereocenters. The summed E-state index contributed by atoms with van der Waals surface area (Å²) in [5.41, 5.74) is 0.401. The number of amides is 1. The van der Waals surface area contributed by atoms with Crippen molar-refractivity contribution < 1.29 is 23.0 Å². The highest BCUT2D eigenvalue weighted by atomic mass is 19.1. The molecular formula is C23H20F2N2O4. The van der Waals surface area contributed by atoms with E-state index >= 15 is 0 Å². The van der Waals surface area contributed by atoms with E-state index in [1.54, 1.807) is 24.3 Å². The molecule has 0 spiro atoms. The standard InChI is InChI=1S/C23H20F2N2O4/c1-30-23-18(25)20(28)21(31-14-16-5-3-2-4-6-16)19-22(29)26(11-12-27(19)23)13-15-7-9-17(24)10-8-15/h2-10H,11-14H2,1H3. The van der Waals surface area contributed by atoms with Crippen molar-refractivity contribution in [1.29, 1.82) is 0 Å². The molecule has 4 rings (SSSR count). The molecule has 0 aliphatic carbocycles. The van der Waals surface area contributed by atoms with E-state index < -0.39 is 17.2 Å². The third kappa shape index (κ3) is 4.01. The van der Waals surface area contributed by atoms with Gasteiger partial charge in [0.2, 0.25) is 11.7 Å². The Bertz CT molecular complexity index is 1160. The molecule has 2 aromatic carbocycles. The van der Waals surface area contributed by atoms with Gasteiger partial charge in [0.15, 0.2) is 11.4 Å². The first-order chi connectivity index (χ1) is 15.0. The number of hydrogen-bond donors (Lipinski definition) is 0. The molecule has 1 aromatic heterocycles. The van der Waals surface area contributed by atoms with Crippen LogP contribution in [-0.2, 0) is 19.7 Å². The van der Waals surface area contributed by atoms with Crippen molar-refractivity contribution in [1.82, 2.24) is 9.47 Å². The van der Waals surface area contributed by atoms with Gasteiger partial charge in [0, 0.05) is 19.6 Å². The molecule has 160 valence electrons. The molecule has 1 amide bonds. The van der Waals surface area contributed by atoms with Gasteiger partial charge in [-0.15, -0.1) is 0 Å². The Kier molecular flexibility index (Phi) is 5.70. The second-order valence-electron chi connectivity index (χ2n) is 7.11. The van der Waals surface area contributed by atoms with E-state index in [0.29, 0.717) is 0 Å². The largest absolute Gasteiger partial charge is 0.482 e. The number of hydrogen-bond acceptors (Lipinski definition) is 4. The SMILES string of the molecule is COc1c(F)c(=O)c(OCc2ccccc2)c2n1CCN(Cc1ccc(F)cc1)C2=O. The molecule has 0 N–H and O–H groups in total. The van der Waals surface area contributed by atoms with Gasteiger partial charge in [0.1, 0.15) is 12.4 Å². The maximum atomic E-state index is 14.7. The smallest absolute Gasteiger partial charge is 0.274 e. The van der Waals surface area contributed by atoms with Gasteiger partial charge < -0.3 is 18.9 Å². The van der Waals surface area contributed by atoms with Crippen molar-refractivity contribution in [3.8, 4) is 11.6 Å². The van der Waals surface area contributed by atoms with E-state index in [1.165, 1.54) is 28.7 Å². The van der Waals surface area contributed by atoms with Crippen molar-refractivity contribution in [2.45, 2.75) is 19.7 Å². The van der Waals surface area contributed by atoms with Crippen LogP contribution in [0.3, 0.4) is 0 Å². The summed E-state index contributed by atoms with van der Waals surface area (Å²) in [4.78, 5) is 27.5. The van der Waals surface area contributed by atoms with E-state index in [0.717, 1.165) is 11.1 Å². The van der Waals surface area contributed by atoms with Crippen LogP contribution in [0.4, 0.5) is 8.78 Å². The molecule has 0 bridgehead atoms. The average molecular weight is 426 g/mol. The van der Waals surface area contributed by atoms with Crippen LogP contribution in [0.1, 0.15) is 21.6 Å².